The number of rotatable bonds is 4. The van der Waals surface area contributed by atoms with Crippen molar-refractivity contribution in [3.8, 4) is 0 Å². The largest absolute Gasteiger partial charge is 0.311 e. The van der Waals surface area contributed by atoms with Gasteiger partial charge >= 0.3 is 0 Å². The Bertz CT molecular complexity index is 455. The maximum atomic E-state index is 6.41. The van der Waals surface area contributed by atoms with Gasteiger partial charge in [0.05, 0.1) is 16.4 Å². The Morgan fingerprint density at radius 3 is 2.65 bits per heavy atom. The third-order valence-corrected chi connectivity index (χ3v) is 4.91. The minimum atomic E-state index is 0.559. The van der Waals surface area contributed by atoms with Gasteiger partial charge in [-0.25, -0.2) is 0 Å². The Hall–Kier alpha value is -0.580. The molecule has 0 bridgehead atoms. The number of aromatic nitrogens is 2. The average molecular weight is 299 g/mol. The van der Waals surface area contributed by atoms with E-state index in [1.165, 1.54) is 6.42 Å². The van der Waals surface area contributed by atoms with Crippen molar-refractivity contribution in [2.24, 2.45) is 13.0 Å². The fourth-order valence-corrected chi connectivity index (χ4v) is 3.28. The van der Waals surface area contributed by atoms with E-state index in [0.717, 1.165) is 36.0 Å². The summed E-state index contributed by atoms with van der Waals surface area (Å²) < 4.78 is 1.93. The number of piperazine rings is 1. The van der Waals surface area contributed by atoms with E-state index < -0.39 is 0 Å². The van der Waals surface area contributed by atoms with E-state index in [0.29, 0.717) is 18.0 Å². The second-order valence-electron chi connectivity index (χ2n) is 6.22. The second kappa shape index (κ2) is 6.46. The van der Waals surface area contributed by atoms with Crippen LogP contribution in [0, 0.1) is 12.8 Å². The number of hydrogen-bond donors (Lipinski definition) is 1. The SMILES string of the molecule is CCC1CN(Cc2c(Cl)c(C)nn2C)C(C(C)C)CN1. The summed E-state index contributed by atoms with van der Waals surface area (Å²) in [7, 11) is 1.98. The molecule has 0 spiro atoms. The first-order valence-corrected chi connectivity index (χ1v) is 7.97. The molecular formula is C15H27ClN4. The van der Waals surface area contributed by atoms with Gasteiger partial charge in [0.15, 0.2) is 0 Å². The highest BCUT2D eigenvalue weighted by Crippen LogP contribution is 2.24. The molecule has 2 atom stereocenters. The zero-order valence-electron chi connectivity index (χ0n) is 13.3. The molecule has 1 aromatic rings. The van der Waals surface area contributed by atoms with E-state index in [2.05, 4.69) is 36.1 Å². The van der Waals surface area contributed by atoms with Gasteiger partial charge in [0.25, 0.3) is 0 Å². The third-order valence-electron chi connectivity index (χ3n) is 4.42. The normalized spacial score (nSPS) is 24.6. The highest BCUT2D eigenvalue weighted by atomic mass is 35.5. The Kier molecular flexibility index (Phi) is 5.10. The van der Waals surface area contributed by atoms with E-state index in [1.54, 1.807) is 0 Å². The maximum absolute atomic E-state index is 6.41. The van der Waals surface area contributed by atoms with Crippen molar-refractivity contribution in [3.63, 3.8) is 0 Å². The van der Waals surface area contributed by atoms with E-state index in [1.807, 2.05) is 18.7 Å². The van der Waals surface area contributed by atoms with Crippen LogP contribution in [-0.4, -0.2) is 39.9 Å². The van der Waals surface area contributed by atoms with Crippen molar-refractivity contribution in [1.82, 2.24) is 20.0 Å². The minimum Gasteiger partial charge on any atom is -0.311 e. The van der Waals surface area contributed by atoms with E-state index in [-0.39, 0.29) is 0 Å². The van der Waals surface area contributed by atoms with Crippen molar-refractivity contribution in [2.75, 3.05) is 13.1 Å². The summed E-state index contributed by atoms with van der Waals surface area (Å²) in [6, 6.07) is 1.14. The number of nitrogens with zero attached hydrogens (tertiary/aromatic N) is 3. The van der Waals surface area contributed by atoms with Crippen LogP contribution in [0.25, 0.3) is 0 Å². The van der Waals surface area contributed by atoms with Crippen molar-refractivity contribution in [1.29, 1.82) is 0 Å². The molecule has 114 valence electrons. The predicted octanol–water partition coefficient (Wildman–Crippen LogP) is 2.59. The summed E-state index contributed by atoms with van der Waals surface area (Å²) >= 11 is 6.41. The Morgan fingerprint density at radius 1 is 1.45 bits per heavy atom. The minimum absolute atomic E-state index is 0.559. The summed E-state index contributed by atoms with van der Waals surface area (Å²) in [5, 5.41) is 8.90. The molecule has 1 N–H and O–H groups in total. The summed E-state index contributed by atoms with van der Waals surface area (Å²) in [5.74, 6) is 0.633. The molecule has 1 aliphatic heterocycles. The van der Waals surface area contributed by atoms with Crippen LogP contribution in [-0.2, 0) is 13.6 Å². The van der Waals surface area contributed by atoms with Gasteiger partial charge in [-0.3, -0.25) is 9.58 Å². The van der Waals surface area contributed by atoms with E-state index >= 15 is 0 Å². The van der Waals surface area contributed by atoms with Gasteiger partial charge in [0, 0.05) is 38.8 Å². The lowest BCUT2D eigenvalue weighted by atomic mass is 9.97. The topological polar surface area (TPSA) is 33.1 Å². The Morgan fingerprint density at radius 2 is 2.15 bits per heavy atom. The first-order valence-electron chi connectivity index (χ1n) is 7.59. The lowest BCUT2D eigenvalue weighted by Crippen LogP contribution is -2.57. The quantitative estimate of drug-likeness (QED) is 0.927. The van der Waals surface area contributed by atoms with Crippen molar-refractivity contribution < 1.29 is 0 Å². The van der Waals surface area contributed by atoms with Gasteiger partial charge in [-0.15, -0.1) is 0 Å². The van der Waals surface area contributed by atoms with Crippen molar-refractivity contribution in [2.45, 2.75) is 52.7 Å². The fraction of sp³-hybridized carbons (Fsp3) is 0.800. The van der Waals surface area contributed by atoms with Gasteiger partial charge < -0.3 is 5.32 Å². The molecule has 1 fully saturated rings. The molecule has 4 nitrogen and oxygen atoms in total. The van der Waals surface area contributed by atoms with E-state index in [4.69, 9.17) is 11.6 Å². The van der Waals surface area contributed by atoms with Crippen LogP contribution in [0.5, 0.6) is 0 Å². The lowest BCUT2D eigenvalue weighted by Gasteiger charge is -2.42. The molecule has 0 saturated carbocycles. The molecule has 20 heavy (non-hydrogen) atoms. The zero-order valence-corrected chi connectivity index (χ0v) is 14.0. The molecule has 1 saturated heterocycles. The average Bonchev–Trinajstić information content (AvgIpc) is 2.65. The molecule has 0 amide bonds. The summed E-state index contributed by atoms with van der Waals surface area (Å²) in [5.41, 5.74) is 2.05. The van der Waals surface area contributed by atoms with Crippen LogP contribution in [0.15, 0.2) is 0 Å². The first kappa shape index (κ1) is 15.8. The predicted molar refractivity (Wildman–Crippen MR) is 84.1 cm³/mol. The molecular weight excluding hydrogens is 272 g/mol. The van der Waals surface area contributed by atoms with Gasteiger partial charge in [-0.05, 0) is 19.3 Å². The fourth-order valence-electron chi connectivity index (χ4n) is 3.06. The molecule has 5 heteroatoms. The number of hydrogen-bond acceptors (Lipinski definition) is 3. The Balaban J connectivity index is 2.18. The van der Waals surface area contributed by atoms with Crippen LogP contribution in [0.1, 0.15) is 38.6 Å². The van der Waals surface area contributed by atoms with Crippen LogP contribution in [0.2, 0.25) is 5.02 Å². The van der Waals surface area contributed by atoms with Crippen LogP contribution in [0.3, 0.4) is 0 Å². The molecule has 0 aliphatic carbocycles. The molecule has 1 aromatic heterocycles. The van der Waals surface area contributed by atoms with Gasteiger partial charge in [-0.2, -0.15) is 5.10 Å². The second-order valence-corrected chi connectivity index (χ2v) is 6.60. The highest BCUT2D eigenvalue weighted by molar-refractivity contribution is 6.31. The Labute approximate surface area is 127 Å². The molecule has 0 radical (unpaired) electrons. The highest BCUT2D eigenvalue weighted by Gasteiger charge is 2.30. The van der Waals surface area contributed by atoms with Crippen LogP contribution >= 0.6 is 11.6 Å². The standard InChI is InChI=1S/C15H27ClN4/c1-6-12-8-20(13(7-17-12)10(2)3)9-14-15(16)11(4)18-19(14)5/h10,12-13,17H,6-9H2,1-5H3. The molecule has 2 unspecified atom stereocenters. The molecule has 1 aliphatic rings. The smallest absolute Gasteiger partial charge is 0.0860 e. The lowest BCUT2D eigenvalue weighted by molar-refractivity contribution is 0.0876. The molecule has 0 aromatic carbocycles. The number of nitrogens with one attached hydrogen (secondary N) is 1. The number of halogens is 1. The van der Waals surface area contributed by atoms with Crippen LogP contribution < -0.4 is 5.32 Å². The first-order chi connectivity index (χ1) is 9.43. The monoisotopic (exact) mass is 298 g/mol. The zero-order chi connectivity index (χ0) is 14.9. The maximum Gasteiger partial charge on any atom is 0.0860 e. The van der Waals surface area contributed by atoms with Crippen molar-refractivity contribution >= 4 is 11.6 Å². The summed E-state index contributed by atoms with van der Waals surface area (Å²) in [4.78, 5) is 2.57. The van der Waals surface area contributed by atoms with Gasteiger partial charge in [-0.1, -0.05) is 32.4 Å². The van der Waals surface area contributed by atoms with Gasteiger partial charge in [0.2, 0.25) is 0 Å². The molecule has 2 heterocycles. The van der Waals surface area contributed by atoms with E-state index in [9.17, 15) is 0 Å². The van der Waals surface area contributed by atoms with Crippen LogP contribution in [0.4, 0.5) is 0 Å². The van der Waals surface area contributed by atoms with Gasteiger partial charge in [0.1, 0.15) is 0 Å². The number of aryl methyl sites for hydroxylation is 2. The summed E-state index contributed by atoms with van der Waals surface area (Å²) in [6.45, 7) is 11.8. The summed E-state index contributed by atoms with van der Waals surface area (Å²) in [6.07, 6.45) is 1.17. The molecule has 2 rings (SSSR count). The third kappa shape index (κ3) is 3.18. The van der Waals surface area contributed by atoms with Crippen molar-refractivity contribution in [3.05, 3.63) is 16.4 Å².